The quantitative estimate of drug-likeness (QED) is 0.657. The lowest BCUT2D eigenvalue weighted by molar-refractivity contribution is -0.116. The van der Waals surface area contributed by atoms with E-state index in [2.05, 4.69) is 10.4 Å². The number of hydrogen-bond donors (Lipinski definition) is 1. The van der Waals surface area contributed by atoms with Crippen molar-refractivity contribution in [3.63, 3.8) is 0 Å². The van der Waals surface area contributed by atoms with E-state index in [0.717, 1.165) is 17.0 Å². The highest BCUT2D eigenvalue weighted by Crippen LogP contribution is 2.13. The number of halogens is 1. The zero-order valence-corrected chi connectivity index (χ0v) is 13.5. The Labute approximate surface area is 134 Å². The molecule has 6 heteroatoms. The van der Waals surface area contributed by atoms with Gasteiger partial charge in [0.25, 0.3) is 0 Å². The van der Waals surface area contributed by atoms with Crippen LogP contribution < -0.4 is 10.1 Å². The van der Waals surface area contributed by atoms with E-state index in [9.17, 15) is 9.18 Å². The van der Waals surface area contributed by atoms with E-state index >= 15 is 0 Å². The van der Waals surface area contributed by atoms with E-state index in [1.54, 1.807) is 22.9 Å². The number of aryl methyl sites for hydroxylation is 2. The molecule has 0 saturated carbocycles. The van der Waals surface area contributed by atoms with E-state index in [1.165, 1.54) is 18.2 Å². The average molecular weight is 317 g/mol. The SMILES string of the molecule is Cc1nn(C)c(C)c1/C=C/C(=O)NCCOc1ccc(F)cc1. The second-order valence-corrected chi connectivity index (χ2v) is 5.13. The Bertz CT molecular complexity index is 705. The van der Waals surface area contributed by atoms with Crippen LogP contribution in [0, 0.1) is 19.7 Å². The molecule has 0 aliphatic rings. The number of carbonyl (C=O) groups is 1. The molecule has 0 aliphatic heterocycles. The smallest absolute Gasteiger partial charge is 0.244 e. The summed E-state index contributed by atoms with van der Waals surface area (Å²) in [4.78, 5) is 11.8. The third-order valence-corrected chi connectivity index (χ3v) is 3.45. The standard InChI is InChI=1S/C17H20FN3O2/c1-12-16(13(2)21(3)20-12)8-9-17(22)19-10-11-23-15-6-4-14(18)5-7-15/h4-9H,10-11H2,1-3H3,(H,19,22)/b9-8+. The van der Waals surface area contributed by atoms with Gasteiger partial charge < -0.3 is 10.1 Å². The Balaban J connectivity index is 1.76. The van der Waals surface area contributed by atoms with Gasteiger partial charge in [-0.1, -0.05) is 0 Å². The van der Waals surface area contributed by atoms with E-state index < -0.39 is 0 Å². The van der Waals surface area contributed by atoms with Crippen LogP contribution in [0.2, 0.25) is 0 Å². The maximum absolute atomic E-state index is 12.7. The van der Waals surface area contributed by atoms with Gasteiger partial charge in [0.2, 0.25) is 5.91 Å². The van der Waals surface area contributed by atoms with Crippen LogP contribution in [0.1, 0.15) is 17.0 Å². The first-order valence-corrected chi connectivity index (χ1v) is 7.32. The normalized spacial score (nSPS) is 11.0. The summed E-state index contributed by atoms with van der Waals surface area (Å²) in [6, 6.07) is 5.75. The second-order valence-electron chi connectivity index (χ2n) is 5.13. The van der Waals surface area contributed by atoms with E-state index in [-0.39, 0.29) is 11.7 Å². The predicted octanol–water partition coefficient (Wildman–Crippen LogP) is 2.38. The topological polar surface area (TPSA) is 56.2 Å². The molecule has 0 unspecified atom stereocenters. The molecule has 0 spiro atoms. The van der Waals surface area contributed by atoms with Crippen molar-refractivity contribution in [2.75, 3.05) is 13.2 Å². The van der Waals surface area contributed by atoms with Gasteiger partial charge in [-0.2, -0.15) is 5.10 Å². The first-order chi connectivity index (χ1) is 11.0. The number of hydrogen-bond acceptors (Lipinski definition) is 3. The number of carbonyl (C=O) groups excluding carboxylic acids is 1. The lowest BCUT2D eigenvalue weighted by atomic mass is 10.2. The summed E-state index contributed by atoms with van der Waals surface area (Å²) in [5, 5.41) is 7.02. The first kappa shape index (κ1) is 16.7. The Morgan fingerprint density at radius 2 is 2.04 bits per heavy atom. The van der Waals surface area contributed by atoms with Crippen molar-refractivity contribution in [1.29, 1.82) is 0 Å². The van der Waals surface area contributed by atoms with E-state index in [4.69, 9.17) is 4.74 Å². The van der Waals surface area contributed by atoms with Crippen LogP contribution in [-0.4, -0.2) is 28.8 Å². The molecule has 1 aromatic carbocycles. The molecule has 1 aromatic heterocycles. The minimum absolute atomic E-state index is 0.199. The van der Waals surface area contributed by atoms with Gasteiger partial charge in [0.05, 0.1) is 12.2 Å². The van der Waals surface area contributed by atoms with Crippen molar-refractivity contribution in [2.45, 2.75) is 13.8 Å². The first-order valence-electron chi connectivity index (χ1n) is 7.32. The van der Waals surface area contributed by atoms with Crippen LogP contribution in [-0.2, 0) is 11.8 Å². The highest BCUT2D eigenvalue weighted by molar-refractivity contribution is 5.91. The molecule has 0 saturated heterocycles. The lowest BCUT2D eigenvalue weighted by Crippen LogP contribution is -2.26. The van der Waals surface area contributed by atoms with Gasteiger partial charge in [0.1, 0.15) is 18.2 Å². The van der Waals surface area contributed by atoms with Crippen LogP contribution in [0.5, 0.6) is 5.75 Å². The predicted molar refractivity (Wildman–Crippen MR) is 86.6 cm³/mol. The summed E-state index contributed by atoms with van der Waals surface area (Å²) >= 11 is 0. The molecule has 0 fully saturated rings. The van der Waals surface area contributed by atoms with Gasteiger partial charge in [0.15, 0.2) is 0 Å². The number of ether oxygens (including phenoxy) is 1. The summed E-state index contributed by atoms with van der Waals surface area (Å²) in [6.45, 7) is 4.54. The molecule has 0 atom stereocenters. The number of nitrogens with one attached hydrogen (secondary N) is 1. The fraction of sp³-hybridized carbons (Fsp3) is 0.294. The Morgan fingerprint density at radius 1 is 1.35 bits per heavy atom. The summed E-state index contributed by atoms with van der Waals surface area (Å²) < 4.78 is 19.9. The van der Waals surface area contributed by atoms with Gasteiger partial charge in [-0.05, 0) is 44.2 Å². The number of nitrogens with zero attached hydrogens (tertiary/aromatic N) is 2. The van der Waals surface area contributed by atoms with Crippen molar-refractivity contribution in [2.24, 2.45) is 7.05 Å². The molecule has 5 nitrogen and oxygen atoms in total. The van der Waals surface area contributed by atoms with Crippen LogP contribution in [0.15, 0.2) is 30.3 Å². The molecular formula is C17H20FN3O2. The minimum Gasteiger partial charge on any atom is -0.492 e. The van der Waals surface area contributed by atoms with Crippen molar-refractivity contribution < 1.29 is 13.9 Å². The van der Waals surface area contributed by atoms with E-state index in [0.29, 0.717) is 18.9 Å². The lowest BCUT2D eigenvalue weighted by Gasteiger charge is -2.06. The van der Waals surface area contributed by atoms with Crippen LogP contribution in [0.3, 0.4) is 0 Å². The zero-order chi connectivity index (χ0) is 16.8. The fourth-order valence-corrected chi connectivity index (χ4v) is 2.12. The van der Waals surface area contributed by atoms with Gasteiger partial charge in [-0.25, -0.2) is 4.39 Å². The van der Waals surface area contributed by atoms with Crippen LogP contribution in [0.25, 0.3) is 6.08 Å². The van der Waals surface area contributed by atoms with Crippen molar-refractivity contribution in [3.05, 3.63) is 53.1 Å². The maximum atomic E-state index is 12.7. The molecular weight excluding hydrogens is 297 g/mol. The molecule has 2 aromatic rings. The van der Waals surface area contributed by atoms with Crippen LogP contribution in [0.4, 0.5) is 4.39 Å². The number of rotatable bonds is 6. The summed E-state index contributed by atoms with van der Waals surface area (Å²) in [7, 11) is 1.87. The van der Waals surface area contributed by atoms with E-state index in [1.807, 2.05) is 20.9 Å². The third-order valence-electron chi connectivity index (χ3n) is 3.45. The molecule has 0 aliphatic carbocycles. The molecule has 0 radical (unpaired) electrons. The maximum Gasteiger partial charge on any atom is 0.244 e. The molecule has 1 amide bonds. The number of aromatic nitrogens is 2. The summed E-state index contributed by atoms with van der Waals surface area (Å²) in [5.41, 5.74) is 2.84. The van der Waals surface area contributed by atoms with Crippen LogP contribution >= 0.6 is 0 Å². The number of benzene rings is 1. The Morgan fingerprint density at radius 3 is 2.65 bits per heavy atom. The Hall–Kier alpha value is -2.63. The van der Waals surface area contributed by atoms with Gasteiger partial charge in [-0.15, -0.1) is 0 Å². The monoisotopic (exact) mass is 317 g/mol. The molecule has 0 bridgehead atoms. The Kier molecular flexibility index (Phi) is 5.51. The molecule has 122 valence electrons. The van der Waals surface area contributed by atoms with Gasteiger partial charge >= 0.3 is 0 Å². The number of amides is 1. The molecule has 2 rings (SSSR count). The molecule has 1 heterocycles. The minimum atomic E-state index is -0.309. The molecule has 1 N–H and O–H groups in total. The molecule has 23 heavy (non-hydrogen) atoms. The second kappa shape index (κ2) is 7.58. The van der Waals surface area contributed by atoms with Crippen molar-refractivity contribution >= 4 is 12.0 Å². The zero-order valence-electron chi connectivity index (χ0n) is 13.5. The average Bonchev–Trinajstić information content (AvgIpc) is 2.76. The summed E-state index contributed by atoms with van der Waals surface area (Å²) in [6.07, 6.45) is 3.24. The van der Waals surface area contributed by atoms with Crippen molar-refractivity contribution in [3.8, 4) is 5.75 Å². The highest BCUT2D eigenvalue weighted by atomic mass is 19.1. The summed E-state index contributed by atoms with van der Waals surface area (Å²) in [5.74, 6) is 0.0601. The fourth-order valence-electron chi connectivity index (χ4n) is 2.12. The third kappa shape index (κ3) is 4.67. The highest BCUT2D eigenvalue weighted by Gasteiger charge is 2.06. The van der Waals surface area contributed by atoms with Crippen molar-refractivity contribution in [1.82, 2.24) is 15.1 Å². The largest absolute Gasteiger partial charge is 0.492 e. The van der Waals surface area contributed by atoms with Gasteiger partial charge in [0, 0.05) is 24.4 Å². The van der Waals surface area contributed by atoms with Gasteiger partial charge in [-0.3, -0.25) is 9.48 Å².